The first-order valence-corrected chi connectivity index (χ1v) is 15.2. The van der Waals surface area contributed by atoms with Crippen molar-refractivity contribution in [3.8, 4) is 0 Å². The van der Waals surface area contributed by atoms with Gasteiger partial charge in [-0.25, -0.2) is 0 Å². The van der Waals surface area contributed by atoms with Gasteiger partial charge in [0.15, 0.2) is 0 Å². The Balaban J connectivity index is 1.76. The Kier molecular flexibility index (Phi) is 9.81. The van der Waals surface area contributed by atoms with Crippen LogP contribution in [-0.4, -0.2) is 76.2 Å². The molecule has 4 rings (SSSR count). The second-order valence-electron chi connectivity index (χ2n) is 10.7. The maximum Gasteiger partial charge on any atom is 0.312 e. The van der Waals surface area contributed by atoms with E-state index in [0.717, 1.165) is 18.4 Å². The summed E-state index contributed by atoms with van der Waals surface area (Å²) in [5.41, 5.74) is 0.0444. The Hall–Kier alpha value is -2.20. The zero-order valence-electron chi connectivity index (χ0n) is 23.1. The highest BCUT2D eigenvalue weighted by Gasteiger charge is 2.77. The summed E-state index contributed by atoms with van der Waals surface area (Å²) in [5, 5.41) is 10.7. The minimum absolute atomic E-state index is 0.149. The van der Waals surface area contributed by atoms with E-state index >= 15 is 0 Å². The number of halogens is 2. The Labute approximate surface area is 249 Å². The predicted molar refractivity (Wildman–Crippen MR) is 157 cm³/mol. The number of para-hydroxylation sites is 1. The van der Waals surface area contributed by atoms with Gasteiger partial charge in [-0.05, 0) is 50.7 Å². The van der Waals surface area contributed by atoms with Gasteiger partial charge >= 0.3 is 5.97 Å². The summed E-state index contributed by atoms with van der Waals surface area (Å²) in [6.45, 7) is 11.3. The van der Waals surface area contributed by atoms with Crippen LogP contribution in [-0.2, 0) is 23.9 Å². The molecular formula is C30H38BrClN2O6. The normalized spacial score (nSPS) is 29.3. The molecule has 7 atom stereocenters. The molecule has 2 amide bonds. The molecule has 3 saturated heterocycles. The van der Waals surface area contributed by atoms with Gasteiger partial charge in [0.2, 0.25) is 5.91 Å². The number of allylic oxidation sites excluding steroid dienone is 1. The number of rotatable bonds is 13. The summed E-state index contributed by atoms with van der Waals surface area (Å²) < 4.78 is 12.2. The van der Waals surface area contributed by atoms with Crippen LogP contribution in [0.2, 0.25) is 5.02 Å². The second kappa shape index (κ2) is 12.8. The number of hydrogen-bond acceptors (Lipinski definition) is 6. The number of carbonyl (C=O) groups is 3. The van der Waals surface area contributed by atoms with E-state index < -0.39 is 47.5 Å². The lowest BCUT2D eigenvalue weighted by atomic mass is 9.70. The van der Waals surface area contributed by atoms with E-state index in [1.165, 1.54) is 9.80 Å². The number of likely N-dealkylation sites (tertiary alicyclic amines) is 1. The summed E-state index contributed by atoms with van der Waals surface area (Å²) in [7, 11) is 0. The van der Waals surface area contributed by atoms with Crippen molar-refractivity contribution in [2.24, 2.45) is 11.8 Å². The number of carbonyl (C=O) groups excluding carboxylic acids is 3. The van der Waals surface area contributed by atoms with Gasteiger partial charge in [-0.15, -0.1) is 13.2 Å². The highest BCUT2D eigenvalue weighted by molar-refractivity contribution is 9.09. The SMILES string of the molecule is C=CCCCCOC(=O)[C@H]1[C@@H]2OC3(CC2Br)C(C(=O)N(CC=C)c2c(C)cccc2Cl)N([C@@H](CC)CO)C(=O)[C@H]13. The predicted octanol–water partition coefficient (Wildman–Crippen LogP) is 4.59. The first-order chi connectivity index (χ1) is 19.2. The molecule has 1 aromatic carbocycles. The van der Waals surface area contributed by atoms with Crippen molar-refractivity contribution >= 4 is 51.0 Å². The molecule has 3 unspecified atom stereocenters. The van der Waals surface area contributed by atoms with Crippen LogP contribution in [0.1, 0.15) is 44.6 Å². The number of aliphatic hydroxyl groups excluding tert-OH is 1. The van der Waals surface area contributed by atoms with Gasteiger partial charge in [-0.3, -0.25) is 14.4 Å². The standard InChI is InChI=1S/C30H38BrClN2O6/c1-5-8-9-10-15-39-29(38)22-23-27(36)34(19(7-3)17-35)26(30(23)16-20(31)25(22)40-30)28(37)33(14-6-2)24-18(4)12-11-13-21(24)32/h5-6,11-13,19-20,22-23,25-26,35H,1-2,7-10,14-17H2,3-4H3/t19-,20?,22+,23-,25+,26?,30?/m0/s1. The van der Waals surface area contributed by atoms with Crippen molar-refractivity contribution < 1.29 is 29.0 Å². The molecule has 0 aliphatic carbocycles. The molecule has 0 aromatic heterocycles. The minimum Gasteiger partial charge on any atom is -0.465 e. The fraction of sp³-hybridized carbons (Fsp3) is 0.567. The highest BCUT2D eigenvalue weighted by atomic mass is 79.9. The van der Waals surface area contributed by atoms with Crippen molar-refractivity contribution in [2.45, 2.75) is 74.6 Å². The third-order valence-corrected chi connectivity index (χ3v) is 9.54. The molecule has 3 aliphatic rings. The zero-order valence-corrected chi connectivity index (χ0v) is 25.4. The molecule has 1 spiro atoms. The fourth-order valence-corrected chi connectivity index (χ4v) is 7.88. The van der Waals surface area contributed by atoms with E-state index in [9.17, 15) is 19.5 Å². The number of fused-ring (bicyclic) bond motifs is 1. The second-order valence-corrected chi connectivity index (χ2v) is 12.3. The molecule has 3 heterocycles. The van der Waals surface area contributed by atoms with E-state index in [1.807, 2.05) is 26.0 Å². The number of benzene rings is 1. The van der Waals surface area contributed by atoms with Gasteiger partial charge in [0.05, 0.1) is 47.9 Å². The van der Waals surface area contributed by atoms with Gasteiger partial charge in [-0.2, -0.15) is 0 Å². The molecule has 40 heavy (non-hydrogen) atoms. The summed E-state index contributed by atoms with van der Waals surface area (Å²) in [5.74, 6) is -3.03. The number of ether oxygens (including phenoxy) is 2. The van der Waals surface area contributed by atoms with Crippen LogP contribution >= 0.6 is 27.5 Å². The van der Waals surface area contributed by atoms with Crippen LogP contribution < -0.4 is 4.90 Å². The number of anilines is 1. The largest absolute Gasteiger partial charge is 0.465 e. The highest BCUT2D eigenvalue weighted by Crippen LogP contribution is 2.61. The average molecular weight is 638 g/mol. The van der Waals surface area contributed by atoms with Crippen LogP contribution in [0.5, 0.6) is 0 Å². The van der Waals surface area contributed by atoms with E-state index in [1.54, 1.807) is 18.2 Å². The number of amides is 2. The number of esters is 1. The van der Waals surface area contributed by atoms with Crippen LogP contribution in [0, 0.1) is 18.8 Å². The van der Waals surface area contributed by atoms with Gasteiger partial charge in [0, 0.05) is 11.4 Å². The van der Waals surface area contributed by atoms with Crippen molar-refractivity contribution in [3.63, 3.8) is 0 Å². The number of hydrogen-bond donors (Lipinski definition) is 1. The number of alkyl halides is 1. The Morgan fingerprint density at radius 3 is 2.73 bits per heavy atom. The first kappa shape index (κ1) is 30.8. The Bertz CT molecular complexity index is 1140. The molecule has 3 fully saturated rings. The van der Waals surface area contributed by atoms with E-state index in [4.69, 9.17) is 21.1 Å². The maximum absolute atomic E-state index is 14.6. The topological polar surface area (TPSA) is 96.4 Å². The molecule has 8 nitrogen and oxygen atoms in total. The first-order valence-electron chi connectivity index (χ1n) is 13.9. The van der Waals surface area contributed by atoms with E-state index in [-0.39, 0.29) is 30.5 Å². The summed E-state index contributed by atoms with van der Waals surface area (Å²) in [4.78, 5) is 45.0. The molecule has 1 N–H and O–H groups in total. The van der Waals surface area contributed by atoms with Crippen molar-refractivity contribution in [2.75, 3.05) is 24.7 Å². The third kappa shape index (κ3) is 5.14. The quantitative estimate of drug-likeness (QED) is 0.147. The summed E-state index contributed by atoms with van der Waals surface area (Å²) in [6.07, 6.45) is 5.93. The van der Waals surface area contributed by atoms with E-state index in [2.05, 4.69) is 29.1 Å². The lowest BCUT2D eigenvalue weighted by molar-refractivity contribution is -0.155. The molecule has 0 radical (unpaired) electrons. The van der Waals surface area contributed by atoms with Crippen molar-refractivity contribution in [3.05, 3.63) is 54.1 Å². The number of unbranched alkanes of at least 4 members (excludes halogenated alkanes) is 2. The molecular weight excluding hydrogens is 600 g/mol. The van der Waals surface area contributed by atoms with Gasteiger partial charge in [0.1, 0.15) is 11.6 Å². The summed E-state index contributed by atoms with van der Waals surface area (Å²) in [6, 6.07) is 3.67. The van der Waals surface area contributed by atoms with Crippen LogP contribution in [0.15, 0.2) is 43.5 Å². The summed E-state index contributed by atoms with van der Waals surface area (Å²) >= 11 is 10.3. The van der Waals surface area contributed by atoms with Gasteiger partial charge < -0.3 is 24.4 Å². The Morgan fingerprint density at radius 2 is 2.10 bits per heavy atom. The molecule has 0 saturated carbocycles. The van der Waals surface area contributed by atoms with E-state index in [0.29, 0.717) is 30.0 Å². The fourth-order valence-electron chi connectivity index (χ4n) is 6.62. The van der Waals surface area contributed by atoms with Crippen LogP contribution in [0.3, 0.4) is 0 Å². The number of aliphatic hydroxyl groups is 1. The lowest BCUT2D eigenvalue weighted by Gasteiger charge is -2.39. The molecule has 1 aromatic rings. The van der Waals surface area contributed by atoms with Crippen molar-refractivity contribution in [1.82, 2.24) is 4.90 Å². The molecule has 2 bridgehead atoms. The Morgan fingerprint density at radius 1 is 1.35 bits per heavy atom. The monoisotopic (exact) mass is 636 g/mol. The zero-order chi connectivity index (χ0) is 29.2. The van der Waals surface area contributed by atoms with Crippen molar-refractivity contribution in [1.29, 1.82) is 0 Å². The minimum atomic E-state index is -1.27. The number of nitrogens with zero attached hydrogens (tertiary/aromatic N) is 2. The molecule has 3 aliphatic heterocycles. The van der Waals surface area contributed by atoms with Gasteiger partial charge in [0.25, 0.3) is 5.91 Å². The van der Waals surface area contributed by atoms with Gasteiger partial charge in [-0.1, -0.05) is 58.7 Å². The smallest absolute Gasteiger partial charge is 0.312 e. The van der Waals surface area contributed by atoms with Crippen LogP contribution in [0.4, 0.5) is 5.69 Å². The maximum atomic E-state index is 14.6. The lowest BCUT2D eigenvalue weighted by Crippen LogP contribution is -2.59. The molecule has 10 heteroatoms. The van der Waals surface area contributed by atoms with Crippen LogP contribution in [0.25, 0.3) is 0 Å². The average Bonchev–Trinajstić information content (AvgIpc) is 3.52. The third-order valence-electron chi connectivity index (χ3n) is 8.39. The molecule has 218 valence electrons. The number of aryl methyl sites for hydroxylation is 1.